The van der Waals surface area contributed by atoms with Crippen molar-refractivity contribution in [2.24, 2.45) is 0 Å². The lowest BCUT2D eigenvalue weighted by Gasteiger charge is -2.29. The van der Waals surface area contributed by atoms with E-state index in [2.05, 4.69) is 157 Å². The van der Waals surface area contributed by atoms with Crippen molar-refractivity contribution in [3.8, 4) is 11.1 Å². The molecule has 0 saturated carbocycles. The number of rotatable bonds is 4. The van der Waals surface area contributed by atoms with E-state index in [9.17, 15) is 0 Å². The minimum absolute atomic E-state index is 1.14. The van der Waals surface area contributed by atoms with E-state index in [1.807, 2.05) is 0 Å². The number of para-hydroxylation sites is 1. The van der Waals surface area contributed by atoms with Gasteiger partial charge in [0.05, 0.1) is 5.69 Å². The van der Waals surface area contributed by atoms with E-state index in [-0.39, 0.29) is 0 Å². The number of anilines is 3. The Bertz CT molecular complexity index is 2520. The maximum atomic E-state index is 2.43. The zero-order chi connectivity index (χ0) is 28.1. The van der Waals surface area contributed by atoms with Crippen LogP contribution in [0.4, 0.5) is 17.1 Å². The van der Waals surface area contributed by atoms with Crippen LogP contribution in [-0.2, 0) is 0 Å². The molecule has 0 aromatic heterocycles. The molecular weight excluding hydrogens is 518 g/mol. The van der Waals surface area contributed by atoms with Crippen LogP contribution in [0.3, 0.4) is 0 Å². The van der Waals surface area contributed by atoms with E-state index in [1.54, 1.807) is 0 Å². The van der Waals surface area contributed by atoms with Crippen LogP contribution < -0.4 is 4.90 Å². The molecule has 0 aliphatic rings. The van der Waals surface area contributed by atoms with E-state index in [0.29, 0.717) is 0 Å². The van der Waals surface area contributed by atoms with Gasteiger partial charge in [0, 0.05) is 22.1 Å². The Morgan fingerprint density at radius 3 is 1.30 bits per heavy atom. The van der Waals surface area contributed by atoms with Gasteiger partial charge in [0.2, 0.25) is 0 Å². The Kier molecular flexibility index (Phi) is 4.51. The molecule has 10 rings (SSSR count). The van der Waals surface area contributed by atoms with Crippen LogP contribution in [0.15, 0.2) is 152 Å². The fourth-order valence-corrected chi connectivity index (χ4v) is 7.59. The highest BCUT2D eigenvalue weighted by molar-refractivity contribution is 6.45. The first-order valence-corrected chi connectivity index (χ1v) is 14.9. The van der Waals surface area contributed by atoms with Gasteiger partial charge in [-0.15, -0.1) is 0 Å². The zero-order valence-corrected chi connectivity index (χ0v) is 23.4. The molecule has 43 heavy (non-hydrogen) atoms. The summed E-state index contributed by atoms with van der Waals surface area (Å²) in [4.78, 5) is 2.43. The van der Waals surface area contributed by atoms with Crippen LogP contribution in [0.25, 0.3) is 75.8 Å². The van der Waals surface area contributed by atoms with Gasteiger partial charge in [-0.3, -0.25) is 0 Å². The van der Waals surface area contributed by atoms with E-state index in [0.717, 1.165) is 11.4 Å². The third-order valence-electron chi connectivity index (χ3n) is 9.47. The lowest BCUT2D eigenvalue weighted by molar-refractivity contribution is 1.30. The number of nitrogens with zero attached hydrogens (tertiary/aromatic N) is 1. The minimum Gasteiger partial charge on any atom is -0.310 e. The molecule has 0 bridgehead atoms. The largest absolute Gasteiger partial charge is 0.310 e. The summed E-state index contributed by atoms with van der Waals surface area (Å²) in [5, 5.41) is 16.1. The van der Waals surface area contributed by atoms with Crippen LogP contribution in [0.5, 0.6) is 0 Å². The summed E-state index contributed by atoms with van der Waals surface area (Å²) in [5.41, 5.74) is 5.94. The average molecular weight is 544 g/mol. The van der Waals surface area contributed by atoms with E-state index in [1.165, 1.54) is 81.4 Å². The molecule has 1 nitrogen and oxygen atoms in total. The smallest absolute Gasteiger partial charge is 0.0546 e. The van der Waals surface area contributed by atoms with Gasteiger partial charge in [-0.1, -0.05) is 121 Å². The van der Waals surface area contributed by atoms with Gasteiger partial charge < -0.3 is 4.90 Å². The van der Waals surface area contributed by atoms with Gasteiger partial charge >= 0.3 is 0 Å². The first kappa shape index (κ1) is 23.0. The molecule has 0 aliphatic carbocycles. The highest BCUT2D eigenvalue weighted by Crippen LogP contribution is 2.51. The van der Waals surface area contributed by atoms with Gasteiger partial charge in [-0.2, -0.15) is 0 Å². The molecule has 0 N–H and O–H groups in total. The third kappa shape index (κ3) is 3.11. The highest BCUT2D eigenvalue weighted by atomic mass is 15.1. The van der Waals surface area contributed by atoms with Gasteiger partial charge in [-0.05, 0) is 95.3 Å². The van der Waals surface area contributed by atoms with Crippen molar-refractivity contribution in [1.82, 2.24) is 0 Å². The van der Waals surface area contributed by atoms with Gasteiger partial charge in [0.1, 0.15) is 0 Å². The summed E-state index contributed by atoms with van der Waals surface area (Å²) < 4.78 is 0. The monoisotopic (exact) mass is 543 g/mol. The normalized spacial score (nSPS) is 12.2. The quantitative estimate of drug-likeness (QED) is 0.158. The maximum absolute atomic E-state index is 2.43. The highest BCUT2D eigenvalue weighted by Gasteiger charge is 2.24. The molecule has 0 saturated heterocycles. The Hall–Kier alpha value is -5.66. The second-order valence-corrected chi connectivity index (χ2v) is 11.7. The fourth-order valence-electron chi connectivity index (χ4n) is 7.59. The zero-order valence-electron chi connectivity index (χ0n) is 23.4. The Labute approximate surface area is 248 Å². The molecule has 0 unspecified atom stereocenters. The minimum atomic E-state index is 1.14. The van der Waals surface area contributed by atoms with Crippen LogP contribution in [0.1, 0.15) is 0 Å². The molecule has 0 heterocycles. The summed E-state index contributed by atoms with van der Waals surface area (Å²) in [6.45, 7) is 0. The van der Waals surface area contributed by atoms with E-state index >= 15 is 0 Å². The molecular formula is C42H25N. The fraction of sp³-hybridized carbons (Fsp3) is 0. The van der Waals surface area contributed by atoms with Gasteiger partial charge in [-0.25, -0.2) is 0 Å². The van der Waals surface area contributed by atoms with Crippen molar-refractivity contribution < 1.29 is 0 Å². The number of hydrogen-bond donors (Lipinski definition) is 0. The Morgan fingerprint density at radius 1 is 0.302 bits per heavy atom. The molecule has 198 valence electrons. The first-order chi connectivity index (χ1) is 21.3. The number of benzene rings is 10. The second-order valence-electron chi connectivity index (χ2n) is 11.7. The third-order valence-corrected chi connectivity index (χ3v) is 9.47. The van der Waals surface area contributed by atoms with E-state index in [4.69, 9.17) is 0 Å². The molecule has 0 amide bonds. The molecule has 1 heteroatoms. The average Bonchev–Trinajstić information content (AvgIpc) is 3.08. The van der Waals surface area contributed by atoms with E-state index < -0.39 is 0 Å². The van der Waals surface area contributed by atoms with Crippen molar-refractivity contribution in [2.75, 3.05) is 4.90 Å². The second kappa shape index (κ2) is 8.44. The predicted molar refractivity (Wildman–Crippen MR) is 185 cm³/mol. The van der Waals surface area contributed by atoms with Crippen molar-refractivity contribution in [2.45, 2.75) is 0 Å². The molecule has 0 spiro atoms. The van der Waals surface area contributed by atoms with Crippen LogP contribution in [0, 0.1) is 0 Å². The van der Waals surface area contributed by atoms with Crippen molar-refractivity contribution >= 4 is 81.7 Å². The SMILES string of the molecule is c1ccc(-c2ccc(N(c3ccccc3)c3cc4ccc5ccc6ccc7ccc8ccc3c3c8c7c6c5c43)cc2)cc1. The Morgan fingerprint density at radius 2 is 0.721 bits per heavy atom. The lowest BCUT2D eigenvalue weighted by Crippen LogP contribution is -2.10. The topological polar surface area (TPSA) is 3.24 Å². The van der Waals surface area contributed by atoms with Crippen molar-refractivity contribution in [1.29, 1.82) is 0 Å². The van der Waals surface area contributed by atoms with Crippen molar-refractivity contribution in [3.63, 3.8) is 0 Å². The standard InChI is InChI=1S/C42H25N/c1-3-7-26(8-4-1)27-19-22-34(23-20-27)43(33-9-5-2-6-10-33)36-25-32-18-17-30-14-12-28-11-13-29-15-16-31-21-24-35(36)42-40(31)38(29)37(28)39(30)41(32)42/h1-25H. The first-order valence-electron chi connectivity index (χ1n) is 14.9. The predicted octanol–water partition coefficient (Wildman–Crippen LogP) is 12.1. The maximum Gasteiger partial charge on any atom is 0.0546 e. The molecule has 0 fully saturated rings. The number of hydrogen-bond acceptors (Lipinski definition) is 1. The summed E-state index contributed by atoms with van der Waals surface area (Å²) in [5.74, 6) is 0. The van der Waals surface area contributed by atoms with Crippen LogP contribution in [0.2, 0.25) is 0 Å². The summed E-state index contributed by atoms with van der Waals surface area (Å²) in [6, 6.07) is 55.9. The summed E-state index contributed by atoms with van der Waals surface area (Å²) >= 11 is 0. The van der Waals surface area contributed by atoms with Gasteiger partial charge in [0.15, 0.2) is 0 Å². The summed E-state index contributed by atoms with van der Waals surface area (Å²) in [6.07, 6.45) is 0. The molecule has 10 aromatic rings. The molecule has 0 radical (unpaired) electrons. The molecule has 10 aromatic carbocycles. The van der Waals surface area contributed by atoms with Crippen LogP contribution >= 0.6 is 0 Å². The summed E-state index contributed by atoms with van der Waals surface area (Å²) in [7, 11) is 0. The lowest BCUT2D eigenvalue weighted by atomic mass is 9.82. The van der Waals surface area contributed by atoms with Crippen LogP contribution in [-0.4, -0.2) is 0 Å². The van der Waals surface area contributed by atoms with Gasteiger partial charge in [0.25, 0.3) is 0 Å². The molecule has 0 aliphatic heterocycles. The molecule has 0 atom stereocenters. The van der Waals surface area contributed by atoms with Crippen molar-refractivity contribution in [3.05, 3.63) is 152 Å². The Balaban J connectivity index is 1.33.